The number of hydrogen-bond donors (Lipinski definition) is 1. The molecule has 8 nitrogen and oxygen atoms in total. The minimum Gasteiger partial charge on any atom is -0.497 e. The van der Waals surface area contributed by atoms with Crippen LogP contribution in [0.2, 0.25) is 5.02 Å². The molecular weight excluding hydrogens is 420 g/mol. The van der Waals surface area contributed by atoms with Crippen molar-refractivity contribution in [2.75, 3.05) is 32.6 Å². The molecule has 0 saturated carbocycles. The van der Waals surface area contributed by atoms with Crippen molar-refractivity contribution in [1.29, 1.82) is 0 Å². The number of likely N-dealkylation sites (tertiary alicyclic amines) is 1. The van der Waals surface area contributed by atoms with Crippen molar-refractivity contribution in [2.24, 2.45) is 0 Å². The molecule has 0 spiro atoms. The summed E-state index contributed by atoms with van der Waals surface area (Å²) in [5.41, 5.74) is 1.89. The third kappa shape index (κ3) is 4.59. The van der Waals surface area contributed by atoms with Crippen LogP contribution < -0.4 is 14.8 Å². The molecule has 0 radical (unpaired) electrons. The number of carbonyl (C=O) groups is 1. The minimum absolute atomic E-state index is 0.00847. The fourth-order valence-electron chi connectivity index (χ4n) is 3.53. The zero-order valence-corrected chi connectivity index (χ0v) is 18.1. The summed E-state index contributed by atoms with van der Waals surface area (Å²) in [6.07, 6.45) is 2.06. The lowest BCUT2D eigenvalue weighted by atomic mass is 10.1. The van der Waals surface area contributed by atoms with Gasteiger partial charge in [0.2, 0.25) is 11.7 Å². The van der Waals surface area contributed by atoms with Crippen LogP contribution in [0, 0.1) is 0 Å². The van der Waals surface area contributed by atoms with Crippen molar-refractivity contribution in [3.05, 3.63) is 52.9 Å². The van der Waals surface area contributed by atoms with Crippen LogP contribution in [0.15, 0.2) is 40.9 Å². The van der Waals surface area contributed by atoms with Crippen LogP contribution in [-0.2, 0) is 6.54 Å². The van der Waals surface area contributed by atoms with Gasteiger partial charge in [-0.3, -0.25) is 4.79 Å². The molecule has 1 fully saturated rings. The number of aromatic nitrogens is 2. The van der Waals surface area contributed by atoms with Crippen molar-refractivity contribution in [3.63, 3.8) is 0 Å². The highest BCUT2D eigenvalue weighted by Gasteiger charge is 2.22. The van der Waals surface area contributed by atoms with Gasteiger partial charge in [0.15, 0.2) is 0 Å². The standard InChI is InChI=1S/C22H23ClN4O4/c1-29-15-6-8-17(19(12-15)30-2)21-25-20(31-26-21)13-24-18-11-14(23)5-7-16(18)22(28)27-9-3-4-10-27/h5-8,11-12,24H,3-4,9-10,13H2,1-2H3. The molecule has 2 heterocycles. The Morgan fingerprint density at radius 2 is 1.97 bits per heavy atom. The molecule has 1 aromatic heterocycles. The fraction of sp³-hybridized carbons (Fsp3) is 0.318. The largest absolute Gasteiger partial charge is 0.497 e. The first kappa shape index (κ1) is 21.0. The Bertz CT molecular complexity index is 1080. The van der Waals surface area contributed by atoms with E-state index in [0.717, 1.165) is 25.9 Å². The van der Waals surface area contributed by atoms with Gasteiger partial charge in [0.1, 0.15) is 11.5 Å². The quantitative estimate of drug-likeness (QED) is 0.584. The number of carbonyl (C=O) groups excluding carboxylic acids is 1. The average molecular weight is 443 g/mol. The van der Waals surface area contributed by atoms with Crippen LogP contribution in [0.25, 0.3) is 11.4 Å². The molecule has 4 rings (SSSR count). The molecule has 1 amide bonds. The van der Waals surface area contributed by atoms with Gasteiger partial charge in [0.25, 0.3) is 5.91 Å². The maximum Gasteiger partial charge on any atom is 0.255 e. The summed E-state index contributed by atoms with van der Waals surface area (Å²) in [7, 11) is 3.16. The number of methoxy groups -OCH3 is 2. The van der Waals surface area contributed by atoms with Crippen LogP contribution in [-0.4, -0.2) is 48.3 Å². The third-order valence-corrected chi connectivity index (χ3v) is 5.39. The molecule has 31 heavy (non-hydrogen) atoms. The van der Waals surface area contributed by atoms with E-state index >= 15 is 0 Å². The highest BCUT2D eigenvalue weighted by atomic mass is 35.5. The van der Waals surface area contributed by atoms with E-state index in [2.05, 4.69) is 15.5 Å². The molecule has 3 aromatic rings. The number of hydrogen-bond acceptors (Lipinski definition) is 7. The lowest BCUT2D eigenvalue weighted by Crippen LogP contribution is -2.28. The van der Waals surface area contributed by atoms with E-state index in [0.29, 0.717) is 45.1 Å². The molecule has 1 saturated heterocycles. The van der Waals surface area contributed by atoms with Gasteiger partial charge < -0.3 is 24.2 Å². The second-order valence-corrected chi connectivity index (χ2v) is 7.56. The number of amides is 1. The molecule has 0 aliphatic carbocycles. The number of ether oxygens (including phenoxy) is 2. The van der Waals surface area contributed by atoms with E-state index in [1.165, 1.54) is 0 Å². The van der Waals surface area contributed by atoms with Crippen molar-refractivity contribution < 1.29 is 18.8 Å². The number of halogens is 1. The van der Waals surface area contributed by atoms with Gasteiger partial charge in [0, 0.05) is 29.9 Å². The van der Waals surface area contributed by atoms with E-state index in [9.17, 15) is 4.79 Å². The van der Waals surface area contributed by atoms with Gasteiger partial charge >= 0.3 is 0 Å². The molecular formula is C22H23ClN4O4. The average Bonchev–Trinajstić information content (AvgIpc) is 3.49. The first-order chi connectivity index (χ1) is 15.1. The summed E-state index contributed by atoms with van der Waals surface area (Å²) in [6, 6.07) is 10.6. The molecule has 162 valence electrons. The van der Waals surface area contributed by atoms with E-state index in [1.807, 2.05) is 11.0 Å². The Balaban J connectivity index is 1.52. The van der Waals surface area contributed by atoms with Gasteiger partial charge in [-0.2, -0.15) is 4.98 Å². The Labute approximate surface area is 185 Å². The number of nitrogens with zero attached hydrogens (tertiary/aromatic N) is 3. The summed E-state index contributed by atoms with van der Waals surface area (Å²) in [5.74, 6) is 2.00. The Kier molecular flexibility index (Phi) is 6.27. The van der Waals surface area contributed by atoms with E-state index in [4.69, 9.17) is 25.6 Å². The van der Waals surface area contributed by atoms with Gasteiger partial charge in [-0.05, 0) is 43.2 Å². The zero-order valence-electron chi connectivity index (χ0n) is 17.4. The lowest BCUT2D eigenvalue weighted by Gasteiger charge is -2.18. The van der Waals surface area contributed by atoms with Crippen LogP contribution in [0.4, 0.5) is 5.69 Å². The first-order valence-corrected chi connectivity index (χ1v) is 10.3. The SMILES string of the molecule is COc1ccc(-c2noc(CNc3cc(Cl)ccc3C(=O)N3CCCC3)n2)c(OC)c1. The summed E-state index contributed by atoms with van der Waals surface area (Å²) in [4.78, 5) is 19.2. The molecule has 1 aliphatic rings. The highest BCUT2D eigenvalue weighted by Crippen LogP contribution is 2.32. The normalized spacial score (nSPS) is 13.3. The van der Waals surface area contributed by atoms with Crippen molar-refractivity contribution in [1.82, 2.24) is 15.0 Å². The Morgan fingerprint density at radius 3 is 2.71 bits per heavy atom. The highest BCUT2D eigenvalue weighted by molar-refractivity contribution is 6.31. The Morgan fingerprint density at radius 1 is 1.16 bits per heavy atom. The molecule has 0 atom stereocenters. The fourth-order valence-corrected chi connectivity index (χ4v) is 3.70. The second kappa shape index (κ2) is 9.26. The van der Waals surface area contributed by atoms with Gasteiger partial charge in [-0.15, -0.1) is 0 Å². The number of rotatable bonds is 7. The van der Waals surface area contributed by atoms with Crippen LogP contribution in [0.5, 0.6) is 11.5 Å². The number of benzene rings is 2. The van der Waals surface area contributed by atoms with Crippen molar-refractivity contribution in [2.45, 2.75) is 19.4 Å². The zero-order chi connectivity index (χ0) is 21.8. The summed E-state index contributed by atoms with van der Waals surface area (Å²) < 4.78 is 16.0. The summed E-state index contributed by atoms with van der Waals surface area (Å²) in [5, 5.41) is 7.80. The van der Waals surface area contributed by atoms with Crippen LogP contribution in [0.3, 0.4) is 0 Å². The maximum absolute atomic E-state index is 12.9. The predicted molar refractivity (Wildman–Crippen MR) is 117 cm³/mol. The van der Waals surface area contributed by atoms with E-state index in [1.54, 1.807) is 44.6 Å². The Hall–Kier alpha value is -3.26. The van der Waals surface area contributed by atoms with Gasteiger partial charge in [-0.1, -0.05) is 16.8 Å². The molecule has 1 N–H and O–H groups in total. The van der Waals surface area contributed by atoms with Crippen molar-refractivity contribution in [3.8, 4) is 22.9 Å². The molecule has 9 heteroatoms. The maximum atomic E-state index is 12.9. The molecule has 2 aromatic carbocycles. The predicted octanol–water partition coefficient (Wildman–Crippen LogP) is 4.26. The molecule has 0 bridgehead atoms. The molecule has 0 unspecified atom stereocenters. The van der Waals surface area contributed by atoms with E-state index in [-0.39, 0.29) is 12.5 Å². The number of anilines is 1. The lowest BCUT2D eigenvalue weighted by molar-refractivity contribution is 0.0793. The third-order valence-electron chi connectivity index (χ3n) is 5.15. The first-order valence-electron chi connectivity index (χ1n) is 9.96. The topological polar surface area (TPSA) is 89.7 Å². The summed E-state index contributed by atoms with van der Waals surface area (Å²) in [6.45, 7) is 1.79. The van der Waals surface area contributed by atoms with Crippen LogP contribution in [0.1, 0.15) is 29.1 Å². The van der Waals surface area contributed by atoms with Crippen molar-refractivity contribution >= 4 is 23.2 Å². The second-order valence-electron chi connectivity index (χ2n) is 7.12. The smallest absolute Gasteiger partial charge is 0.255 e. The monoisotopic (exact) mass is 442 g/mol. The van der Waals surface area contributed by atoms with Gasteiger partial charge in [0.05, 0.1) is 31.9 Å². The number of nitrogens with one attached hydrogen (secondary N) is 1. The molecule has 1 aliphatic heterocycles. The van der Waals surface area contributed by atoms with Crippen LogP contribution >= 0.6 is 11.6 Å². The summed E-state index contributed by atoms with van der Waals surface area (Å²) >= 11 is 6.16. The minimum atomic E-state index is -0.00847. The van der Waals surface area contributed by atoms with Gasteiger partial charge in [-0.25, -0.2) is 0 Å². The van der Waals surface area contributed by atoms with E-state index < -0.39 is 0 Å².